The van der Waals surface area contributed by atoms with Gasteiger partial charge in [0.15, 0.2) is 0 Å². The van der Waals surface area contributed by atoms with Gasteiger partial charge >= 0.3 is 0 Å². The fourth-order valence-corrected chi connectivity index (χ4v) is 2.90. The van der Waals surface area contributed by atoms with Gasteiger partial charge in [0.05, 0.1) is 4.92 Å². The molecule has 2 atom stereocenters. The standard InChI is InChI=1S/C16H17BrN2O2/c1-11(13-7-9-14(10-8-13)19(20)21)18-12(2)15-5-3-4-6-16(15)17/h3-12,18H,1-2H3/t11?,12-/m1/s1. The predicted octanol–water partition coefficient (Wildman–Crippen LogP) is 4.77. The number of rotatable bonds is 5. The lowest BCUT2D eigenvalue weighted by molar-refractivity contribution is -0.384. The largest absolute Gasteiger partial charge is 0.304 e. The number of halogens is 1. The van der Waals surface area contributed by atoms with Crippen LogP contribution in [0.3, 0.4) is 0 Å². The number of nitro groups is 1. The Balaban J connectivity index is 2.09. The van der Waals surface area contributed by atoms with Crippen molar-refractivity contribution in [3.63, 3.8) is 0 Å². The molecule has 0 aliphatic carbocycles. The summed E-state index contributed by atoms with van der Waals surface area (Å²) in [4.78, 5) is 10.3. The highest BCUT2D eigenvalue weighted by atomic mass is 79.9. The summed E-state index contributed by atoms with van der Waals surface area (Å²) in [5.41, 5.74) is 2.33. The molecule has 4 nitrogen and oxygen atoms in total. The van der Waals surface area contributed by atoms with Crippen LogP contribution in [0.2, 0.25) is 0 Å². The molecule has 1 N–H and O–H groups in total. The van der Waals surface area contributed by atoms with E-state index in [1.165, 1.54) is 17.7 Å². The lowest BCUT2D eigenvalue weighted by Gasteiger charge is -2.21. The van der Waals surface area contributed by atoms with Crippen LogP contribution < -0.4 is 5.32 Å². The van der Waals surface area contributed by atoms with Crippen LogP contribution in [-0.4, -0.2) is 4.92 Å². The van der Waals surface area contributed by atoms with E-state index in [4.69, 9.17) is 0 Å². The van der Waals surface area contributed by atoms with Gasteiger partial charge in [0, 0.05) is 28.7 Å². The summed E-state index contributed by atoms with van der Waals surface area (Å²) < 4.78 is 1.07. The van der Waals surface area contributed by atoms with Crippen LogP contribution in [0.15, 0.2) is 53.0 Å². The summed E-state index contributed by atoms with van der Waals surface area (Å²) in [6.45, 7) is 4.15. The van der Waals surface area contributed by atoms with Crippen LogP contribution >= 0.6 is 15.9 Å². The molecule has 2 rings (SSSR count). The van der Waals surface area contributed by atoms with E-state index in [-0.39, 0.29) is 22.7 Å². The van der Waals surface area contributed by atoms with Crippen molar-refractivity contribution in [2.75, 3.05) is 0 Å². The maximum atomic E-state index is 10.7. The van der Waals surface area contributed by atoms with Gasteiger partial charge in [-0.15, -0.1) is 0 Å². The van der Waals surface area contributed by atoms with Crippen molar-refractivity contribution in [1.82, 2.24) is 5.32 Å². The maximum Gasteiger partial charge on any atom is 0.269 e. The molecule has 0 spiro atoms. The molecule has 0 saturated heterocycles. The van der Waals surface area contributed by atoms with Crippen LogP contribution in [-0.2, 0) is 0 Å². The minimum absolute atomic E-state index is 0.105. The summed E-state index contributed by atoms with van der Waals surface area (Å²) in [5.74, 6) is 0. The molecule has 0 saturated carbocycles. The summed E-state index contributed by atoms with van der Waals surface area (Å²) in [5, 5.41) is 14.2. The van der Waals surface area contributed by atoms with E-state index in [9.17, 15) is 10.1 Å². The molecule has 0 heterocycles. The molecule has 0 radical (unpaired) electrons. The van der Waals surface area contributed by atoms with Gasteiger partial charge in [-0.3, -0.25) is 10.1 Å². The van der Waals surface area contributed by atoms with Gasteiger partial charge in [0.25, 0.3) is 5.69 Å². The molecule has 0 aliphatic heterocycles. The maximum absolute atomic E-state index is 10.7. The molecule has 0 fully saturated rings. The van der Waals surface area contributed by atoms with E-state index in [0.29, 0.717) is 0 Å². The number of benzene rings is 2. The smallest absolute Gasteiger partial charge is 0.269 e. The Morgan fingerprint density at radius 3 is 2.24 bits per heavy atom. The van der Waals surface area contributed by atoms with Crippen molar-refractivity contribution in [1.29, 1.82) is 0 Å². The number of hydrogen-bond acceptors (Lipinski definition) is 3. The average Bonchev–Trinajstić information content (AvgIpc) is 2.47. The first-order chi connectivity index (χ1) is 9.99. The predicted molar refractivity (Wildman–Crippen MR) is 87.2 cm³/mol. The molecule has 0 bridgehead atoms. The minimum Gasteiger partial charge on any atom is -0.304 e. The fourth-order valence-electron chi connectivity index (χ4n) is 2.27. The first kappa shape index (κ1) is 15.7. The summed E-state index contributed by atoms with van der Waals surface area (Å²) in [7, 11) is 0. The zero-order valence-electron chi connectivity index (χ0n) is 11.9. The van der Waals surface area contributed by atoms with Gasteiger partial charge in [0.1, 0.15) is 0 Å². The minimum atomic E-state index is -0.383. The molecule has 2 aromatic carbocycles. The Morgan fingerprint density at radius 1 is 1.05 bits per heavy atom. The van der Waals surface area contributed by atoms with E-state index < -0.39 is 0 Å². The first-order valence-corrected chi connectivity index (χ1v) is 7.53. The Bertz CT molecular complexity index is 628. The Hall–Kier alpha value is -1.72. The van der Waals surface area contributed by atoms with Crippen LogP contribution in [0.5, 0.6) is 0 Å². The molecule has 0 aromatic heterocycles. The van der Waals surface area contributed by atoms with Crippen molar-refractivity contribution in [2.24, 2.45) is 0 Å². The van der Waals surface area contributed by atoms with E-state index in [1.54, 1.807) is 12.1 Å². The monoisotopic (exact) mass is 348 g/mol. The highest BCUT2D eigenvalue weighted by Gasteiger charge is 2.14. The molecule has 2 aromatic rings. The summed E-state index contributed by atoms with van der Waals surface area (Å²) >= 11 is 3.55. The van der Waals surface area contributed by atoms with Gasteiger partial charge in [-0.1, -0.05) is 46.3 Å². The second-order valence-electron chi connectivity index (χ2n) is 4.98. The molecule has 0 aliphatic rings. The van der Waals surface area contributed by atoms with Gasteiger partial charge in [-0.2, -0.15) is 0 Å². The number of nitrogens with one attached hydrogen (secondary N) is 1. The molecule has 0 amide bonds. The van der Waals surface area contributed by atoms with E-state index in [0.717, 1.165) is 10.0 Å². The first-order valence-electron chi connectivity index (χ1n) is 6.74. The molecular weight excluding hydrogens is 332 g/mol. The topological polar surface area (TPSA) is 55.2 Å². The third-order valence-electron chi connectivity index (χ3n) is 3.48. The third kappa shape index (κ3) is 3.89. The third-order valence-corrected chi connectivity index (χ3v) is 4.20. The highest BCUT2D eigenvalue weighted by Crippen LogP contribution is 2.26. The zero-order valence-corrected chi connectivity index (χ0v) is 13.5. The highest BCUT2D eigenvalue weighted by molar-refractivity contribution is 9.10. The van der Waals surface area contributed by atoms with E-state index >= 15 is 0 Å². The van der Waals surface area contributed by atoms with Crippen molar-refractivity contribution < 1.29 is 4.92 Å². The van der Waals surface area contributed by atoms with Crippen LogP contribution in [0.1, 0.15) is 37.1 Å². The molecule has 21 heavy (non-hydrogen) atoms. The van der Waals surface area contributed by atoms with Crippen molar-refractivity contribution in [2.45, 2.75) is 25.9 Å². The normalized spacial score (nSPS) is 13.7. The van der Waals surface area contributed by atoms with E-state index in [1.807, 2.05) is 18.2 Å². The number of non-ortho nitro benzene ring substituents is 1. The molecule has 5 heteroatoms. The quantitative estimate of drug-likeness (QED) is 0.625. The molecular formula is C16H17BrN2O2. The van der Waals surface area contributed by atoms with Crippen LogP contribution in [0.4, 0.5) is 5.69 Å². The van der Waals surface area contributed by atoms with Gasteiger partial charge in [-0.05, 0) is 31.0 Å². The lowest BCUT2D eigenvalue weighted by Crippen LogP contribution is -2.22. The number of hydrogen-bond donors (Lipinski definition) is 1. The Morgan fingerprint density at radius 2 is 1.67 bits per heavy atom. The number of nitrogens with zero attached hydrogens (tertiary/aromatic N) is 1. The van der Waals surface area contributed by atoms with Gasteiger partial charge < -0.3 is 5.32 Å². The van der Waals surface area contributed by atoms with Gasteiger partial charge in [-0.25, -0.2) is 0 Å². The van der Waals surface area contributed by atoms with Crippen LogP contribution in [0.25, 0.3) is 0 Å². The van der Waals surface area contributed by atoms with Gasteiger partial charge in [0.2, 0.25) is 0 Å². The zero-order chi connectivity index (χ0) is 15.4. The second-order valence-corrected chi connectivity index (χ2v) is 5.83. The second kappa shape index (κ2) is 6.83. The summed E-state index contributed by atoms with van der Waals surface area (Å²) in [6.07, 6.45) is 0. The Kier molecular flexibility index (Phi) is 5.09. The Labute approximate surface area is 132 Å². The average molecular weight is 349 g/mol. The fraction of sp³-hybridized carbons (Fsp3) is 0.250. The lowest BCUT2D eigenvalue weighted by atomic mass is 10.0. The van der Waals surface area contributed by atoms with Crippen LogP contribution in [0, 0.1) is 10.1 Å². The van der Waals surface area contributed by atoms with Crippen molar-refractivity contribution in [3.05, 3.63) is 74.2 Å². The molecule has 1 unspecified atom stereocenters. The van der Waals surface area contributed by atoms with Crippen molar-refractivity contribution in [3.8, 4) is 0 Å². The summed E-state index contributed by atoms with van der Waals surface area (Å²) in [6, 6.07) is 15.0. The van der Waals surface area contributed by atoms with E-state index in [2.05, 4.69) is 41.2 Å². The van der Waals surface area contributed by atoms with Crippen molar-refractivity contribution >= 4 is 21.6 Å². The number of nitro benzene ring substituents is 1. The SMILES string of the molecule is CC(N[C@H](C)c1ccccc1Br)c1ccc([N+](=O)[O-])cc1. The molecule has 110 valence electrons.